The summed E-state index contributed by atoms with van der Waals surface area (Å²) in [5, 5.41) is 8.79. The van der Waals surface area contributed by atoms with Crippen molar-refractivity contribution in [3.05, 3.63) is 66.9 Å². The summed E-state index contributed by atoms with van der Waals surface area (Å²) in [6.45, 7) is 1.95. The minimum absolute atomic E-state index is 0.247. The number of aromatic amines is 1. The molecule has 0 bridgehead atoms. The zero-order valence-electron chi connectivity index (χ0n) is 14.8. The van der Waals surface area contributed by atoms with Gasteiger partial charge in [0, 0.05) is 11.6 Å². The van der Waals surface area contributed by atoms with Gasteiger partial charge in [-0.1, -0.05) is 0 Å². The van der Waals surface area contributed by atoms with E-state index in [1.165, 1.54) is 18.5 Å². The molecule has 0 fully saturated rings. The van der Waals surface area contributed by atoms with E-state index in [-0.39, 0.29) is 11.9 Å². The van der Waals surface area contributed by atoms with E-state index in [4.69, 9.17) is 5.10 Å². The summed E-state index contributed by atoms with van der Waals surface area (Å²) < 4.78 is 15.7. The van der Waals surface area contributed by atoms with E-state index in [2.05, 4.69) is 30.2 Å². The Labute approximate surface area is 158 Å². The average Bonchev–Trinajstić information content (AvgIpc) is 3.33. The van der Waals surface area contributed by atoms with Gasteiger partial charge < -0.3 is 10.3 Å². The second-order valence-corrected chi connectivity index (χ2v) is 6.36. The monoisotopic (exact) mass is 374 g/mol. The number of halogens is 1. The van der Waals surface area contributed by atoms with Gasteiger partial charge in [0.15, 0.2) is 11.5 Å². The van der Waals surface area contributed by atoms with E-state index in [0.29, 0.717) is 22.7 Å². The quantitative estimate of drug-likeness (QED) is 0.500. The fourth-order valence-electron chi connectivity index (χ4n) is 3.26. The molecular weight excluding hydrogens is 359 g/mol. The Morgan fingerprint density at radius 2 is 2.11 bits per heavy atom. The van der Waals surface area contributed by atoms with Crippen molar-refractivity contribution in [1.82, 2.24) is 34.7 Å². The van der Waals surface area contributed by atoms with Crippen LogP contribution in [0.15, 0.2) is 55.4 Å². The Hall–Kier alpha value is -3.88. The highest BCUT2D eigenvalue weighted by atomic mass is 19.1. The second kappa shape index (κ2) is 6.38. The maximum atomic E-state index is 14.0. The minimum atomic E-state index is -0.315. The van der Waals surface area contributed by atoms with Crippen LogP contribution in [0.4, 0.5) is 10.2 Å². The van der Waals surface area contributed by atoms with Gasteiger partial charge in [-0.3, -0.25) is 4.98 Å². The molecule has 2 N–H and O–H groups in total. The van der Waals surface area contributed by atoms with Crippen LogP contribution in [0.1, 0.15) is 18.7 Å². The van der Waals surface area contributed by atoms with Crippen molar-refractivity contribution < 1.29 is 4.39 Å². The Morgan fingerprint density at radius 1 is 1.18 bits per heavy atom. The van der Waals surface area contributed by atoms with E-state index in [1.807, 2.05) is 19.1 Å². The lowest BCUT2D eigenvalue weighted by atomic mass is 10.1. The molecule has 4 aromatic heterocycles. The predicted octanol–water partition coefficient (Wildman–Crippen LogP) is 3.40. The van der Waals surface area contributed by atoms with E-state index >= 15 is 0 Å². The molecule has 8 nitrogen and oxygen atoms in total. The van der Waals surface area contributed by atoms with Crippen LogP contribution in [0.5, 0.6) is 0 Å². The molecule has 0 aliphatic carbocycles. The van der Waals surface area contributed by atoms with Crippen molar-refractivity contribution in [2.45, 2.75) is 13.0 Å². The first-order valence-corrected chi connectivity index (χ1v) is 8.70. The number of H-pyrrole nitrogens is 1. The molecule has 4 heterocycles. The first-order chi connectivity index (χ1) is 13.7. The third-order valence-electron chi connectivity index (χ3n) is 4.55. The number of nitrogens with one attached hydrogen (secondary N) is 2. The number of imidazole rings is 1. The summed E-state index contributed by atoms with van der Waals surface area (Å²) in [5.74, 6) is 0.292. The number of hydrogen-bond donors (Lipinski definition) is 2. The Kier molecular flexibility index (Phi) is 3.71. The molecule has 9 heteroatoms. The Morgan fingerprint density at radius 3 is 2.96 bits per heavy atom. The highest BCUT2D eigenvalue weighted by molar-refractivity contribution is 5.85. The fraction of sp³-hybridized carbons (Fsp3) is 0.105. The van der Waals surface area contributed by atoms with Crippen molar-refractivity contribution in [1.29, 1.82) is 0 Å². The standard InChI is InChI=1S/C19H15FN8/c1-11(26-19-17-18(23-9-22-17)24-10-25-19)16-14-7-12(20)4-5-15(14)28(27-16)13-3-2-6-21-8-13/h2-11H,1H3,(H2,22,23,24,25,26). The fourth-order valence-corrected chi connectivity index (χ4v) is 3.26. The predicted molar refractivity (Wildman–Crippen MR) is 103 cm³/mol. The molecule has 5 aromatic rings. The Bertz CT molecular complexity index is 1280. The minimum Gasteiger partial charge on any atom is -0.360 e. The molecule has 28 heavy (non-hydrogen) atoms. The van der Waals surface area contributed by atoms with E-state index in [0.717, 1.165) is 16.6 Å². The summed E-state index contributed by atoms with van der Waals surface area (Å²) in [5.41, 5.74) is 3.57. The summed E-state index contributed by atoms with van der Waals surface area (Å²) in [6, 6.07) is 8.14. The highest BCUT2D eigenvalue weighted by Gasteiger charge is 2.19. The number of hydrogen-bond acceptors (Lipinski definition) is 6. The first kappa shape index (κ1) is 16.3. The van der Waals surface area contributed by atoms with Crippen LogP contribution in [-0.2, 0) is 0 Å². The Balaban J connectivity index is 1.62. The second-order valence-electron chi connectivity index (χ2n) is 6.36. The molecule has 0 radical (unpaired) electrons. The normalized spacial score (nSPS) is 12.5. The third-order valence-corrected chi connectivity index (χ3v) is 4.55. The molecular formula is C19H15FN8. The molecule has 0 saturated carbocycles. The van der Waals surface area contributed by atoms with Gasteiger partial charge in [0.25, 0.3) is 0 Å². The number of nitrogens with zero attached hydrogens (tertiary/aromatic N) is 6. The highest BCUT2D eigenvalue weighted by Crippen LogP contribution is 2.29. The van der Waals surface area contributed by atoms with Gasteiger partial charge in [-0.2, -0.15) is 5.10 Å². The smallest absolute Gasteiger partial charge is 0.182 e. The molecule has 0 spiro atoms. The lowest BCUT2D eigenvalue weighted by Gasteiger charge is -2.13. The summed E-state index contributed by atoms with van der Waals surface area (Å²) >= 11 is 0. The number of benzene rings is 1. The van der Waals surface area contributed by atoms with Crippen LogP contribution in [0.25, 0.3) is 27.8 Å². The number of pyridine rings is 1. The SMILES string of the molecule is CC(Nc1ncnc2nc[nH]c12)c1nn(-c2cccnc2)c2ccc(F)cc12. The maximum absolute atomic E-state index is 14.0. The summed E-state index contributed by atoms with van der Waals surface area (Å²) in [4.78, 5) is 19.7. The van der Waals surface area contributed by atoms with Gasteiger partial charge in [0.2, 0.25) is 0 Å². The van der Waals surface area contributed by atoms with Crippen molar-refractivity contribution in [3.8, 4) is 5.69 Å². The van der Waals surface area contributed by atoms with Gasteiger partial charge in [-0.25, -0.2) is 24.0 Å². The van der Waals surface area contributed by atoms with Gasteiger partial charge in [-0.05, 0) is 37.3 Å². The molecule has 5 rings (SSSR count). The van der Waals surface area contributed by atoms with Gasteiger partial charge in [-0.15, -0.1) is 0 Å². The lowest BCUT2D eigenvalue weighted by Crippen LogP contribution is -2.10. The van der Waals surface area contributed by atoms with Crippen molar-refractivity contribution in [2.75, 3.05) is 5.32 Å². The van der Waals surface area contributed by atoms with Crippen molar-refractivity contribution >= 4 is 27.9 Å². The molecule has 1 unspecified atom stereocenters. The maximum Gasteiger partial charge on any atom is 0.182 e. The molecule has 1 atom stereocenters. The average molecular weight is 374 g/mol. The molecule has 1 aromatic carbocycles. The van der Waals surface area contributed by atoms with Crippen molar-refractivity contribution in [3.63, 3.8) is 0 Å². The zero-order chi connectivity index (χ0) is 19.1. The number of anilines is 1. The van der Waals surface area contributed by atoms with Crippen LogP contribution in [0, 0.1) is 5.82 Å². The van der Waals surface area contributed by atoms with Crippen molar-refractivity contribution in [2.24, 2.45) is 0 Å². The van der Waals surface area contributed by atoms with Gasteiger partial charge in [0.05, 0.1) is 35.5 Å². The molecule has 0 aliphatic heterocycles. The van der Waals surface area contributed by atoms with Crippen LogP contribution in [0.3, 0.4) is 0 Å². The molecule has 0 aliphatic rings. The molecule has 0 saturated heterocycles. The molecule has 0 amide bonds. The van der Waals surface area contributed by atoms with Crippen LogP contribution in [-0.4, -0.2) is 34.7 Å². The van der Waals surface area contributed by atoms with Crippen LogP contribution < -0.4 is 5.32 Å². The zero-order valence-corrected chi connectivity index (χ0v) is 14.8. The van der Waals surface area contributed by atoms with Crippen LogP contribution in [0.2, 0.25) is 0 Å². The first-order valence-electron chi connectivity index (χ1n) is 8.70. The number of rotatable bonds is 4. The van der Waals surface area contributed by atoms with E-state index in [9.17, 15) is 4.39 Å². The topological polar surface area (TPSA) is 97.2 Å². The van der Waals surface area contributed by atoms with Gasteiger partial charge in [0.1, 0.15) is 17.7 Å². The lowest BCUT2D eigenvalue weighted by molar-refractivity contribution is 0.629. The van der Waals surface area contributed by atoms with Crippen LogP contribution >= 0.6 is 0 Å². The molecule has 138 valence electrons. The largest absolute Gasteiger partial charge is 0.360 e. The summed E-state index contributed by atoms with van der Waals surface area (Å²) in [6.07, 6.45) is 6.43. The number of fused-ring (bicyclic) bond motifs is 2. The van der Waals surface area contributed by atoms with Gasteiger partial charge >= 0.3 is 0 Å². The summed E-state index contributed by atoms with van der Waals surface area (Å²) in [7, 11) is 0. The number of aromatic nitrogens is 7. The van der Waals surface area contributed by atoms with E-state index in [1.54, 1.807) is 29.5 Å². The third kappa shape index (κ3) is 2.64. The van der Waals surface area contributed by atoms with E-state index < -0.39 is 0 Å².